The molecule has 1 atom stereocenters. The summed E-state index contributed by atoms with van der Waals surface area (Å²) in [4.78, 5) is 4.09. The van der Waals surface area contributed by atoms with E-state index in [1.165, 1.54) is 0 Å². The molecule has 16 heavy (non-hydrogen) atoms. The molecule has 0 saturated heterocycles. The maximum Gasteiger partial charge on any atom is 0.121 e. The van der Waals surface area contributed by atoms with Crippen molar-refractivity contribution in [3.63, 3.8) is 0 Å². The molecule has 0 bridgehead atoms. The van der Waals surface area contributed by atoms with Gasteiger partial charge in [-0.3, -0.25) is 0 Å². The molecule has 1 heterocycles. The highest BCUT2D eigenvalue weighted by Crippen LogP contribution is 2.21. The van der Waals surface area contributed by atoms with Crippen LogP contribution >= 0.6 is 0 Å². The lowest BCUT2D eigenvalue weighted by molar-refractivity contribution is 0.209. The zero-order chi connectivity index (χ0) is 11.4. The first-order valence-corrected chi connectivity index (χ1v) is 5.56. The molecule has 1 unspecified atom stereocenters. The van der Waals surface area contributed by atoms with E-state index in [9.17, 15) is 5.11 Å². The lowest BCUT2D eigenvalue weighted by atomic mass is 10.1. The molecule has 84 valence electrons. The van der Waals surface area contributed by atoms with Crippen LogP contribution in [0, 0.1) is 0 Å². The van der Waals surface area contributed by atoms with Crippen molar-refractivity contribution in [1.29, 1.82) is 0 Å². The van der Waals surface area contributed by atoms with Gasteiger partial charge >= 0.3 is 0 Å². The minimum Gasteiger partial charge on any atom is -0.382 e. The maximum absolute atomic E-state index is 10.2. The van der Waals surface area contributed by atoms with Crippen LogP contribution in [0.5, 0.6) is 0 Å². The smallest absolute Gasteiger partial charge is 0.121 e. The van der Waals surface area contributed by atoms with Gasteiger partial charge in [0.15, 0.2) is 0 Å². The number of benzene rings is 1. The van der Waals surface area contributed by atoms with Crippen LogP contribution in [0.15, 0.2) is 42.9 Å². The highest BCUT2D eigenvalue weighted by Gasteiger charge is 2.14. The van der Waals surface area contributed by atoms with E-state index in [1.54, 1.807) is 12.5 Å². The molecule has 0 radical (unpaired) electrons. The van der Waals surface area contributed by atoms with Gasteiger partial charge in [0.2, 0.25) is 0 Å². The fourth-order valence-corrected chi connectivity index (χ4v) is 1.79. The topological polar surface area (TPSA) is 38.0 Å². The Morgan fingerprint density at radius 3 is 2.75 bits per heavy atom. The van der Waals surface area contributed by atoms with E-state index in [4.69, 9.17) is 0 Å². The number of imidazole rings is 1. The van der Waals surface area contributed by atoms with Crippen molar-refractivity contribution in [2.45, 2.75) is 26.0 Å². The molecule has 0 aliphatic carbocycles. The van der Waals surface area contributed by atoms with Crippen LogP contribution in [0.1, 0.15) is 30.7 Å². The molecule has 1 aromatic carbocycles. The van der Waals surface area contributed by atoms with E-state index in [2.05, 4.69) is 11.9 Å². The monoisotopic (exact) mass is 216 g/mol. The van der Waals surface area contributed by atoms with Crippen molar-refractivity contribution in [3.05, 3.63) is 54.1 Å². The zero-order valence-electron chi connectivity index (χ0n) is 9.37. The van der Waals surface area contributed by atoms with E-state index in [-0.39, 0.29) is 0 Å². The van der Waals surface area contributed by atoms with Gasteiger partial charge in [-0.05, 0) is 12.0 Å². The van der Waals surface area contributed by atoms with Crippen molar-refractivity contribution in [3.8, 4) is 0 Å². The third kappa shape index (κ3) is 2.14. The Hall–Kier alpha value is -1.61. The first kappa shape index (κ1) is 10.9. The van der Waals surface area contributed by atoms with Crippen molar-refractivity contribution >= 4 is 0 Å². The predicted octanol–water partition coefficient (Wildman–Crippen LogP) is 2.37. The second-order valence-corrected chi connectivity index (χ2v) is 3.83. The average molecular weight is 216 g/mol. The lowest BCUT2D eigenvalue weighted by Crippen LogP contribution is -2.07. The Bertz CT molecular complexity index is 436. The Labute approximate surface area is 95.4 Å². The van der Waals surface area contributed by atoms with Gasteiger partial charge in [-0.25, -0.2) is 4.98 Å². The molecule has 0 aliphatic heterocycles. The van der Waals surface area contributed by atoms with Crippen LogP contribution in [0.25, 0.3) is 0 Å². The predicted molar refractivity (Wildman–Crippen MR) is 63.0 cm³/mol. The van der Waals surface area contributed by atoms with Crippen LogP contribution in [0.3, 0.4) is 0 Å². The number of aliphatic hydroxyl groups excluding tert-OH is 1. The molecular weight excluding hydrogens is 200 g/mol. The molecule has 2 rings (SSSR count). The second kappa shape index (κ2) is 4.94. The maximum atomic E-state index is 10.2. The summed E-state index contributed by atoms with van der Waals surface area (Å²) in [5.41, 5.74) is 1.76. The molecule has 0 saturated carbocycles. The van der Waals surface area contributed by atoms with Gasteiger partial charge in [-0.2, -0.15) is 0 Å². The number of aromatic nitrogens is 2. The Kier molecular flexibility index (Phi) is 3.37. The normalized spacial score (nSPS) is 12.6. The van der Waals surface area contributed by atoms with Crippen molar-refractivity contribution in [2.24, 2.45) is 0 Å². The van der Waals surface area contributed by atoms with E-state index in [0.717, 1.165) is 24.2 Å². The highest BCUT2D eigenvalue weighted by molar-refractivity contribution is 5.24. The van der Waals surface area contributed by atoms with E-state index < -0.39 is 6.10 Å². The Morgan fingerprint density at radius 1 is 1.31 bits per heavy atom. The van der Waals surface area contributed by atoms with Gasteiger partial charge in [-0.1, -0.05) is 37.3 Å². The van der Waals surface area contributed by atoms with Gasteiger partial charge in [0.25, 0.3) is 0 Å². The van der Waals surface area contributed by atoms with Crippen LogP contribution in [0.2, 0.25) is 0 Å². The number of rotatable bonds is 4. The van der Waals surface area contributed by atoms with Crippen LogP contribution in [-0.2, 0) is 6.54 Å². The molecule has 0 aliphatic rings. The van der Waals surface area contributed by atoms with Crippen LogP contribution in [0.4, 0.5) is 0 Å². The molecule has 3 heteroatoms. The molecule has 0 amide bonds. The van der Waals surface area contributed by atoms with Gasteiger partial charge in [0.05, 0.1) is 18.2 Å². The molecule has 0 fully saturated rings. The van der Waals surface area contributed by atoms with E-state index >= 15 is 0 Å². The summed E-state index contributed by atoms with van der Waals surface area (Å²) in [5, 5.41) is 10.2. The summed E-state index contributed by atoms with van der Waals surface area (Å²) in [6.45, 7) is 3.00. The standard InChI is InChI=1S/C13H16N2O/c1-2-8-15-10-14-9-12(15)13(16)11-6-4-3-5-7-11/h3-7,9-10,13,16H,2,8H2,1H3. The van der Waals surface area contributed by atoms with Crippen molar-refractivity contribution in [2.75, 3.05) is 0 Å². The molecule has 2 aromatic rings. The number of aryl methyl sites for hydroxylation is 1. The minimum atomic E-state index is -0.588. The quantitative estimate of drug-likeness (QED) is 0.852. The van der Waals surface area contributed by atoms with Crippen LogP contribution in [-0.4, -0.2) is 14.7 Å². The fraction of sp³-hybridized carbons (Fsp3) is 0.308. The van der Waals surface area contributed by atoms with Gasteiger partial charge in [-0.15, -0.1) is 0 Å². The van der Waals surface area contributed by atoms with Crippen molar-refractivity contribution < 1.29 is 5.11 Å². The van der Waals surface area contributed by atoms with Gasteiger partial charge in [0.1, 0.15) is 6.10 Å². The highest BCUT2D eigenvalue weighted by atomic mass is 16.3. The van der Waals surface area contributed by atoms with Crippen molar-refractivity contribution in [1.82, 2.24) is 9.55 Å². The third-order valence-corrected chi connectivity index (χ3v) is 2.60. The largest absolute Gasteiger partial charge is 0.382 e. The fourth-order valence-electron chi connectivity index (χ4n) is 1.79. The molecule has 1 aromatic heterocycles. The number of nitrogens with zero attached hydrogens (tertiary/aromatic N) is 2. The molecule has 0 spiro atoms. The summed E-state index contributed by atoms with van der Waals surface area (Å²) >= 11 is 0. The summed E-state index contributed by atoms with van der Waals surface area (Å²) in [6, 6.07) is 9.65. The van der Waals surface area contributed by atoms with E-state index in [1.807, 2.05) is 34.9 Å². The number of hydrogen-bond acceptors (Lipinski definition) is 2. The lowest BCUT2D eigenvalue weighted by Gasteiger charge is -2.13. The number of hydrogen-bond donors (Lipinski definition) is 1. The SMILES string of the molecule is CCCn1cncc1C(O)c1ccccc1. The van der Waals surface area contributed by atoms with E-state index in [0.29, 0.717) is 0 Å². The second-order valence-electron chi connectivity index (χ2n) is 3.83. The summed E-state index contributed by atoms with van der Waals surface area (Å²) in [7, 11) is 0. The summed E-state index contributed by atoms with van der Waals surface area (Å²) in [5.74, 6) is 0. The third-order valence-electron chi connectivity index (χ3n) is 2.60. The number of aliphatic hydroxyl groups is 1. The zero-order valence-corrected chi connectivity index (χ0v) is 9.37. The van der Waals surface area contributed by atoms with Gasteiger partial charge in [0, 0.05) is 6.54 Å². The average Bonchev–Trinajstić information content (AvgIpc) is 2.78. The molecule has 1 N–H and O–H groups in total. The first-order chi connectivity index (χ1) is 7.83. The first-order valence-electron chi connectivity index (χ1n) is 5.56. The van der Waals surface area contributed by atoms with Crippen LogP contribution < -0.4 is 0 Å². The summed E-state index contributed by atoms with van der Waals surface area (Å²) < 4.78 is 2.00. The Balaban J connectivity index is 2.27. The molecular formula is C13H16N2O. The minimum absolute atomic E-state index is 0.588. The van der Waals surface area contributed by atoms with Gasteiger partial charge < -0.3 is 9.67 Å². The summed E-state index contributed by atoms with van der Waals surface area (Å²) in [6.07, 6.45) is 3.94. The Morgan fingerprint density at radius 2 is 2.06 bits per heavy atom. The molecule has 3 nitrogen and oxygen atoms in total.